The highest BCUT2D eigenvalue weighted by molar-refractivity contribution is 5.82. The lowest BCUT2D eigenvalue weighted by molar-refractivity contribution is -0.181. The van der Waals surface area contributed by atoms with Crippen molar-refractivity contribution in [2.24, 2.45) is 5.41 Å². The van der Waals surface area contributed by atoms with Crippen LogP contribution >= 0.6 is 0 Å². The van der Waals surface area contributed by atoms with Gasteiger partial charge in [0.25, 0.3) is 5.91 Å². The van der Waals surface area contributed by atoms with Crippen molar-refractivity contribution in [1.82, 2.24) is 5.06 Å². The van der Waals surface area contributed by atoms with Crippen molar-refractivity contribution in [2.45, 2.75) is 24.9 Å². The molecule has 0 spiro atoms. The molecule has 2 fully saturated rings. The van der Waals surface area contributed by atoms with Gasteiger partial charge in [-0.25, -0.2) is 9.45 Å². The summed E-state index contributed by atoms with van der Waals surface area (Å²) in [5.41, 5.74) is -1.24. The van der Waals surface area contributed by atoms with E-state index in [1.54, 1.807) is 7.05 Å². The third-order valence-corrected chi connectivity index (χ3v) is 3.63. The van der Waals surface area contributed by atoms with Crippen LogP contribution in [0.3, 0.4) is 0 Å². The highest BCUT2D eigenvalue weighted by Crippen LogP contribution is 2.53. The molecule has 0 radical (unpaired) electrons. The van der Waals surface area contributed by atoms with Crippen LogP contribution in [0.2, 0.25) is 0 Å². The van der Waals surface area contributed by atoms with Gasteiger partial charge in [0.05, 0.1) is 24.7 Å². The zero-order valence-electron chi connectivity index (χ0n) is 9.09. The summed E-state index contributed by atoms with van der Waals surface area (Å²) >= 11 is 0. The van der Waals surface area contributed by atoms with E-state index in [1.165, 1.54) is 12.2 Å². The lowest BCUT2D eigenvalue weighted by Gasteiger charge is -2.28. The number of carbonyl (C=O) groups excluding carboxylic acids is 1. The van der Waals surface area contributed by atoms with Crippen molar-refractivity contribution in [3.8, 4) is 0 Å². The van der Waals surface area contributed by atoms with Crippen LogP contribution in [0.1, 0.15) is 19.3 Å². The third kappa shape index (κ3) is 1.45. The Kier molecular flexibility index (Phi) is 2.47. The van der Waals surface area contributed by atoms with Crippen LogP contribution in [0, 0.1) is 5.41 Å². The van der Waals surface area contributed by atoms with Gasteiger partial charge in [-0.1, -0.05) is 0 Å². The lowest BCUT2D eigenvalue weighted by atomic mass is 9.86. The van der Waals surface area contributed by atoms with Crippen LogP contribution in [0.25, 0.3) is 0 Å². The first-order chi connectivity index (χ1) is 7.07. The highest BCUT2D eigenvalue weighted by Gasteiger charge is 2.60. The smallest absolute Gasteiger partial charge is 0.254 e. The van der Waals surface area contributed by atoms with Gasteiger partial charge in [-0.2, -0.15) is 0 Å². The van der Waals surface area contributed by atoms with E-state index in [9.17, 15) is 9.18 Å². The molecule has 86 valence electrons. The zero-order chi connectivity index (χ0) is 11.1. The number of ether oxygens (including phenoxy) is 1. The fourth-order valence-corrected chi connectivity index (χ4v) is 2.61. The lowest BCUT2D eigenvalue weighted by Crippen LogP contribution is -2.41. The Balaban J connectivity index is 2.14. The molecule has 2 bridgehead atoms. The average molecular weight is 217 g/mol. The molecule has 2 rings (SSSR count). The van der Waals surface area contributed by atoms with E-state index in [2.05, 4.69) is 0 Å². The second-order valence-corrected chi connectivity index (χ2v) is 4.55. The molecule has 1 aliphatic heterocycles. The number of nitrogens with zero attached hydrogens (tertiary/aromatic N) is 1. The summed E-state index contributed by atoms with van der Waals surface area (Å²) in [6, 6.07) is 0. The third-order valence-electron chi connectivity index (χ3n) is 3.63. The molecule has 5 heteroatoms. The van der Waals surface area contributed by atoms with Crippen molar-refractivity contribution >= 4 is 5.91 Å². The fraction of sp³-hybridized carbons (Fsp3) is 0.900. The first kappa shape index (κ1) is 10.8. The summed E-state index contributed by atoms with van der Waals surface area (Å²) in [5, 5.41) is 1.21. The predicted molar refractivity (Wildman–Crippen MR) is 50.7 cm³/mol. The van der Waals surface area contributed by atoms with Gasteiger partial charge in [-0.3, -0.25) is 9.63 Å². The number of hydrogen-bond acceptors (Lipinski definition) is 3. The number of hydroxylamine groups is 2. The summed E-state index contributed by atoms with van der Waals surface area (Å²) in [5.74, 6) is -0.0992. The SMILES string of the molecule is CON(C)C(=O)C12CCC(CF)(C1)OC2. The molecule has 1 heterocycles. The largest absolute Gasteiger partial charge is 0.371 e. The molecule has 4 nitrogen and oxygen atoms in total. The fourth-order valence-electron chi connectivity index (χ4n) is 2.61. The van der Waals surface area contributed by atoms with Crippen molar-refractivity contribution in [2.75, 3.05) is 27.4 Å². The maximum absolute atomic E-state index is 12.8. The van der Waals surface area contributed by atoms with Crippen LogP contribution in [0.5, 0.6) is 0 Å². The Bertz CT molecular complexity index is 274. The molecular weight excluding hydrogens is 201 g/mol. The van der Waals surface area contributed by atoms with Gasteiger partial charge >= 0.3 is 0 Å². The maximum atomic E-state index is 12.8. The molecule has 2 atom stereocenters. The summed E-state index contributed by atoms with van der Waals surface area (Å²) in [6.45, 7) is -0.178. The number of fused-ring (bicyclic) bond motifs is 2. The molecule has 0 aromatic heterocycles. The minimum absolute atomic E-state index is 0.0992. The van der Waals surface area contributed by atoms with Gasteiger partial charge < -0.3 is 4.74 Å². The Morgan fingerprint density at radius 3 is 2.73 bits per heavy atom. The van der Waals surface area contributed by atoms with Crippen LogP contribution in [-0.2, 0) is 14.4 Å². The summed E-state index contributed by atoms with van der Waals surface area (Å²) in [4.78, 5) is 16.9. The van der Waals surface area contributed by atoms with E-state index < -0.39 is 17.7 Å². The van der Waals surface area contributed by atoms with Gasteiger partial charge in [-0.05, 0) is 19.3 Å². The van der Waals surface area contributed by atoms with Crippen LogP contribution < -0.4 is 0 Å². The number of alkyl halides is 1. The van der Waals surface area contributed by atoms with Crippen molar-refractivity contribution in [3.63, 3.8) is 0 Å². The minimum atomic E-state index is -0.690. The van der Waals surface area contributed by atoms with Crippen molar-refractivity contribution < 1.29 is 18.8 Å². The normalized spacial score (nSPS) is 38.3. The van der Waals surface area contributed by atoms with E-state index in [0.29, 0.717) is 25.9 Å². The number of hydrogen-bond donors (Lipinski definition) is 0. The minimum Gasteiger partial charge on any atom is -0.371 e. The Labute approximate surface area is 88.3 Å². The maximum Gasteiger partial charge on any atom is 0.254 e. The molecule has 1 amide bonds. The summed E-state index contributed by atoms with van der Waals surface area (Å²) < 4.78 is 18.2. The number of rotatable bonds is 3. The van der Waals surface area contributed by atoms with Crippen LogP contribution in [0.4, 0.5) is 4.39 Å². The standard InChI is InChI=1S/C10H16FNO3/c1-12(14-2)8(13)9-3-4-10(5-9,6-11)15-7-9/h3-7H2,1-2H3. The molecule has 1 saturated carbocycles. The molecular formula is C10H16FNO3. The van der Waals surface area contributed by atoms with Gasteiger partial charge in [0.1, 0.15) is 6.67 Å². The molecule has 15 heavy (non-hydrogen) atoms. The molecule has 0 aromatic carbocycles. The molecule has 2 unspecified atom stereocenters. The molecule has 1 aliphatic carbocycles. The van der Waals surface area contributed by atoms with E-state index in [4.69, 9.17) is 9.57 Å². The Hall–Kier alpha value is -0.680. The predicted octanol–water partition coefficient (Wildman–Crippen LogP) is 0.915. The number of carbonyl (C=O) groups is 1. The second kappa shape index (κ2) is 3.42. The number of amides is 1. The van der Waals surface area contributed by atoms with E-state index in [0.717, 1.165) is 0 Å². The van der Waals surface area contributed by atoms with Crippen LogP contribution in [-0.4, -0.2) is 44.0 Å². The molecule has 0 aromatic rings. The van der Waals surface area contributed by atoms with Crippen molar-refractivity contribution in [1.29, 1.82) is 0 Å². The van der Waals surface area contributed by atoms with Gasteiger partial charge in [-0.15, -0.1) is 0 Å². The molecule has 0 N–H and O–H groups in total. The first-order valence-electron chi connectivity index (χ1n) is 5.10. The summed E-state index contributed by atoms with van der Waals surface area (Å²) in [7, 11) is 3.02. The molecule has 2 aliphatic rings. The van der Waals surface area contributed by atoms with E-state index in [-0.39, 0.29) is 5.91 Å². The Morgan fingerprint density at radius 2 is 2.33 bits per heavy atom. The second-order valence-electron chi connectivity index (χ2n) is 4.55. The number of halogens is 1. The first-order valence-corrected chi connectivity index (χ1v) is 5.10. The highest BCUT2D eigenvalue weighted by atomic mass is 19.1. The average Bonchev–Trinajstić information content (AvgIpc) is 2.84. The topological polar surface area (TPSA) is 38.8 Å². The van der Waals surface area contributed by atoms with Gasteiger partial charge in [0, 0.05) is 7.05 Å². The summed E-state index contributed by atoms with van der Waals surface area (Å²) in [6.07, 6.45) is 1.82. The molecule has 1 saturated heterocycles. The van der Waals surface area contributed by atoms with Crippen LogP contribution in [0.15, 0.2) is 0 Å². The van der Waals surface area contributed by atoms with Gasteiger partial charge in [0.2, 0.25) is 0 Å². The van der Waals surface area contributed by atoms with Crippen molar-refractivity contribution in [3.05, 3.63) is 0 Å². The van der Waals surface area contributed by atoms with E-state index in [1.807, 2.05) is 0 Å². The zero-order valence-corrected chi connectivity index (χ0v) is 9.09. The Morgan fingerprint density at radius 1 is 1.60 bits per heavy atom. The van der Waals surface area contributed by atoms with E-state index >= 15 is 0 Å². The van der Waals surface area contributed by atoms with Gasteiger partial charge in [0.15, 0.2) is 0 Å². The monoisotopic (exact) mass is 217 g/mol. The quantitative estimate of drug-likeness (QED) is 0.660.